The Balaban J connectivity index is 3.61. The fourth-order valence-corrected chi connectivity index (χ4v) is 1.87. The quantitative estimate of drug-likeness (QED) is 0.771. The molecule has 1 aromatic rings. The minimum absolute atomic E-state index is 0.0656. The van der Waals surface area contributed by atoms with Crippen LogP contribution in [0.25, 0.3) is 0 Å². The molecule has 0 radical (unpaired) electrons. The van der Waals surface area contributed by atoms with Gasteiger partial charge in [-0.25, -0.2) is 4.79 Å². The number of aliphatic carboxylic acids is 1. The van der Waals surface area contributed by atoms with Crippen molar-refractivity contribution in [3.63, 3.8) is 0 Å². The van der Waals surface area contributed by atoms with Crippen LogP contribution in [0.3, 0.4) is 0 Å². The van der Waals surface area contributed by atoms with Crippen LogP contribution in [0.4, 0.5) is 0 Å². The highest BCUT2D eigenvalue weighted by atomic mass is 35.5. The highest BCUT2D eigenvalue weighted by Gasteiger charge is 2.27. The van der Waals surface area contributed by atoms with Crippen LogP contribution in [0.2, 0.25) is 5.02 Å². The van der Waals surface area contributed by atoms with Crippen molar-refractivity contribution in [1.82, 2.24) is 0 Å². The highest BCUT2D eigenvalue weighted by Crippen LogP contribution is 2.43. The van der Waals surface area contributed by atoms with Gasteiger partial charge in [0.05, 0.1) is 12.1 Å². The van der Waals surface area contributed by atoms with Crippen LogP contribution in [-0.4, -0.2) is 28.4 Å². The first kappa shape index (κ1) is 13.6. The number of carboxylic acid groups (broad SMARTS) is 1. The molecule has 0 aliphatic rings. The number of halogens is 1. The van der Waals surface area contributed by atoms with E-state index in [4.69, 9.17) is 21.4 Å². The van der Waals surface area contributed by atoms with Gasteiger partial charge in [0.25, 0.3) is 0 Å². The van der Waals surface area contributed by atoms with Gasteiger partial charge in [-0.3, -0.25) is 0 Å². The van der Waals surface area contributed by atoms with Crippen molar-refractivity contribution in [1.29, 1.82) is 0 Å². The third kappa shape index (κ3) is 2.16. The summed E-state index contributed by atoms with van der Waals surface area (Å²) in [5, 5.41) is 28.4. The summed E-state index contributed by atoms with van der Waals surface area (Å²) < 4.78 is 4.94. The topological polar surface area (TPSA) is 87.0 Å². The number of phenols is 1. The maximum Gasteiger partial charge on any atom is 0.337 e. The molecule has 0 bridgehead atoms. The number of carboxylic acids is 1. The maximum absolute atomic E-state index is 10.8. The van der Waals surface area contributed by atoms with E-state index in [9.17, 15) is 15.0 Å². The standard InChI is InChI=1S/C11H13ClO5/c1-4-6(9(14)11(15)16)8(13)10(17-3)5(2)7(4)12/h9,13-14H,1-3H3,(H,15,16). The van der Waals surface area contributed by atoms with Gasteiger partial charge < -0.3 is 20.1 Å². The van der Waals surface area contributed by atoms with Gasteiger partial charge in [-0.1, -0.05) is 11.6 Å². The normalized spacial score (nSPS) is 12.3. The fraction of sp³-hybridized carbons (Fsp3) is 0.364. The number of aliphatic hydroxyl groups is 1. The molecule has 1 atom stereocenters. The van der Waals surface area contributed by atoms with Crippen LogP contribution in [0.5, 0.6) is 11.5 Å². The molecule has 0 spiro atoms. The van der Waals surface area contributed by atoms with E-state index in [-0.39, 0.29) is 16.3 Å². The lowest BCUT2D eigenvalue weighted by Gasteiger charge is -2.18. The predicted octanol–water partition coefficient (Wildman–Crippen LogP) is 1.79. The number of ether oxygens (including phenoxy) is 1. The first-order valence-corrected chi connectivity index (χ1v) is 5.17. The number of aromatic hydroxyl groups is 1. The molecule has 94 valence electrons. The van der Waals surface area contributed by atoms with E-state index < -0.39 is 17.8 Å². The largest absolute Gasteiger partial charge is 0.504 e. The number of carbonyl (C=O) groups is 1. The van der Waals surface area contributed by atoms with E-state index in [0.29, 0.717) is 11.1 Å². The second-order valence-corrected chi connectivity index (χ2v) is 3.98. The Bertz CT molecular complexity index is 470. The molecule has 3 N–H and O–H groups in total. The Hall–Kier alpha value is -1.46. The summed E-state index contributed by atoms with van der Waals surface area (Å²) >= 11 is 5.99. The van der Waals surface area contributed by atoms with Crippen LogP contribution < -0.4 is 4.74 Å². The van der Waals surface area contributed by atoms with Crippen molar-refractivity contribution in [2.45, 2.75) is 20.0 Å². The van der Waals surface area contributed by atoms with Crippen molar-refractivity contribution >= 4 is 17.6 Å². The Kier molecular flexibility index (Phi) is 3.85. The van der Waals surface area contributed by atoms with E-state index in [2.05, 4.69) is 0 Å². The lowest BCUT2D eigenvalue weighted by Crippen LogP contribution is -2.13. The Morgan fingerprint density at radius 1 is 1.35 bits per heavy atom. The van der Waals surface area contributed by atoms with Crippen LogP contribution in [0.15, 0.2) is 0 Å². The Morgan fingerprint density at radius 2 is 1.88 bits per heavy atom. The molecule has 0 aliphatic heterocycles. The van der Waals surface area contributed by atoms with Crippen molar-refractivity contribution in [2.75, 3.05) is 7.11 Å². The second kappa shape index (κ2) is 4.81. The third-order valence-corrected chi connectivity index (χ3v) is 3.15. The van der Waals surface area contributed by atoms with Gasteiger partial charge >= 0.3 is 5.97 Å². The molecule has 0 saturated carbocycles. The molecule has 6 heteroatoms. The third-order valence-electron chi connectivity index (χ3n) is 2.58. The average molecular weight is 261 g/mol. The monoisotopic (exact) mass is 260 g/mol. The molecule has 1 aromatic carbocycles. The molecule has 1 rings (SSSR count). The van der Waals surface area contributed by atoms with Gasteiger partial charge in [0.2, 0.25) is 0 Å². The molecular weight excluding hydrogens is 248 g/mol. The minimum Gasteiger partial charge on any atom is -0.504 e. The fourth-order valence-electron chi connectivity index (χ4n) is 1.68. The maximum atomic E-state index is 10.8. The molecule has 0 amide bonds. The first-order valence-electron chi connectivity index (χ1n) is 4.79. The van der Waals surface area contributed by atoms with Gasteiger partial charge in [-0.15, -0.1) is 0 Å². The van der Waals surface area contributed by atoms with E-state index in [1.165, 1.54) is 14.0 Å². The van der Waals surface area contributed by atoms with E-state index in [0.717, 1.165) is 0 Å². The number of hydrogen-bond acceptors (Lipinski definition) is 4. The molecule has 17 heavy (non-hydrogen) atoms. The number of benzene rings is 1. The SMILES string of the molecule is COc1c(C)c(Cl)c(C)c(C(O)C(=O)O)c1O. The lowest BCUT2D eigenvalue weighted by molar-refractivity contribution is -0.147. The van der Waals surface area contributed by atoms with Crippen LogP contribution in [-0.2, 0) is 4.79 Å². The lowest BCUT2D eigenvalue weighted by atomic mass is 9.98. The minimum atomic E-state index is -1.85. The van der Waals surface area contributed by atoms with Crippen molar-refractivity contribution in [3.8, 4) is 11.5 Å². The van der Waals surface area contributed by atoms with Crippen LogP contribution >= 0.6 is 11.6 Å². The van der Waals surface area contributed by atoms with E-state index in [1.807, 2.05) is 0 Å². The van der Waals surface area contributed by atoms with Gasteiger partial charge in [-0.2, -0.15) is 0 Å². The molecule has 0 saturated heterocycles. The van der Waals surface area contributed by atoms with Gasteiger partial charge in [0, 0.05) is 11.1 Å². The molecule has 1 unspecified atom stereocenters. The average Bonchev–Trinajstić information content (AvgIpc) is 2.27. The second-order valence-electron chi connectivity index (χ2n) is 3.60. The summed E-state index contributed by atoms with van der Waals surface area (Å²) in [6, 6.07) is 0. The molecular formula is C11H13ClO5. The van der Waals surface area contributed by atoms with Crippen molar-refractivity contribution in [3.05, 3.63) is 21.7 Å². The molecule has 5 nitrogen and oxygen atoms in total. The van der Waals surface area contributed by atoms with Crippen LogP contribution in [0, 0.1) is 13.8 Å². The molecule has 0 heterocycles. The van der Waals surface area contributed by atoms with Gasteiger partial charge in [-0.05, 0) is 19.4 Å². The number of methoxy groups -OCH3 is 1. The summed E-state index contributed by atoms with van der Waals surface area (Å²) in [6.07, 6.45) is -1.85. The number of rotatable bonds is 3. The van der Waals surface area contributed by atoms with Gasteiger partial charge in [0.15, 0.2) is 17.6 Å². The zero-order chi connectivity index (χ0) is 13.3. The van der Waals surface area contributed by atoms with Crippen LogP contribution in [0.1, 0.15) is 22.8 Å². The molecule has 0 fully saturated rings. The Labute approximate surface area is 103 Å². The number of aliphatic hydroxyl groups excluding tert-OH is 1. The summed E-state index contributed by atoms with van der Waals surface area (Å²) in [7, 11) is 1.32. The number of phenolic OH excluding ortho intramolecular Hbond substituents is 1. The highest BCUT2D eigenvalue weighted by molar-refractivity contribution is 6.32. The van der Waals surface area contributed by atoms with Gasteiger partial charge in [0.1, 0.15) is 0 Å². The summed E-state index contributed by atoms with van der Waals surface area (Å²) in [6.45, 7) is 3.15. The Morgan fingerprint density at radius 3 is 2.29 bits per heavy atom. The zero-order valence-corrected chi connectivity index (χ0v) is 10.4. The summed E-state index contributed by atoms with van der Waals surface area (Å²) in [5.74, 6) is -1.80. The molecule has 0 aromatic heterocycles. The molecule has 0 aliphatic carbocycles. The van der Waals surface area contributed by atoms with Crippen molar-refractivity contribution < 1.29 is 24.9 Å². The summed E-state index contributed by atoms with van der Waals surface area (Å²) in [4.78, 5) is 10.8. The summed E-state index contributed by atoms with van der Waals surface area (Å²) in [5.41, 5.74) is 0.660. The smallest absolute Gasteiger partial charge is 0.337 e. The van der Waals surface area contributed by atoms with E-state index >= 15 is 0 Å². The number of hydrogen-bond donors (Lipinski definition) is 3. The first-order chi connectivity index (χ1) is 7.82. The van der Waals surface area contributed by atoms with Crippen molar-refractivity contribution in [2.24, 2.45) is 0 Å². The van der Waals surface area contributed by atoms with E-state index in [1.54, 1.807) is 6.92 Å². The zero-order valence-electron chi connectivity index (χ0n) is 9.61. The predicted molar refractivity (Wildman–Crippen MR) is 61.7 cm³/mol.